The number of anilines is 1. The molecule has 1 N–H and O–H groups in total. The summed E-state index contributed by atoms with van der Waals surface area (Å²) in [5, 5.41) is 0. The molecule has 1 aromatic rings. The average molecular weight is 300 g/mol. The van der Waals surface area contributed by atoms with E-state index in [9.17, 15) is 4.79 Å². The lowest BCUT2D eigenvalue weighted by molar-refractivity contribution is 0.320. The van der Waals surface area contributed by atoms with Crippen LogP contribution in [0, 0.1) is 5.92 Å². The van der Waals surface area contributed by atoms with Crippen LogP contribution in [0.4, 0.5) is 5.82 Å². The summed E-state index contributed by atoms with van der Waals surface area (Å²) in [5.74, 6) is 1.40. The second kappa shape index (κ2) is 5.21. The predicted molar refractivity (Wildman–Crippen MR) is 72.4 cm³/mol. The summed E-state index contributed by atoms with van der Waals surface area (Å²) in [4.78, 5) is 20.5. The molecule has 2 rings (SSSR count). The number of aromatic amines is 1. The molecule has 0 aliphatic heterocycles. The number of halogens is 1. The Balaban J connectivity index is 2.26. The van der Waals surface area contributed by atoms with Crippen LogP contribution in [0.3, 0.4) is 0 Å². The number of aromatic nitrogens is 2. The van der Waals surface area contributed by atoms with Crippen molar-refractivity contribution in [2.75, 3.05) is 11.9 Å². The van der Waals surface area contributed by atoms with E-state index >= 15 is 0 Å². The number of rotatable bonds is 2. The van der Waals surface area contributed by atoms with Gasteiger partial charge in [0.1, 0.15) is 10.3 Å². The summed E-state index contributed by atoms with van der Waals surface area (Å²) in [6, 6.07) is 0.481. The standard InChI is InChI=1S/C12H18BrN3O/c1-8-5-3-4-6-9(8)16(2)11-10(13)12(17)15-7-14-11/h7-9H,3-6H2,1-2H3,(H,14,15,17). The van der Waals surface area contributed by atoms with Crippen molar-refractivity contribution in [1.82, 2.24) is 9.97 Å². The van der Waals surface area contributed by atoms with E-state index in [1.807, 2.05) is 7.05 Å². The zero-order valence-electron chi connectivity index (χ0n) is 10.2. The Kier molecular flexibility index (Phi) is 3.86. The Morgan fingerprint density at radius 1 is 1.47 bits per heavy atom. The molecule has 0 amide bonds. The lowest BCUT2D eigenvalue weighted by Gasteiger charge is -2.37. The van der Waals surface area contributed by atoms with Crippen molar-refractivity contribution in [1.29, 1.82) is 0 Å². The maximum absolute atomic E-state index is 11.5. The number of H-pyrrole nitrogens is 1. The molecule has 0 spiro atoms. The summed E-state index contributed by atoms with van der Waals surface area (Å²) in [6.45, 7) is 2.28. The second-order valence-corrected chi connectivity index (χ2v) is 5.60. The number of nitrogens with zero attached hydrogens (tertiary/aromatic N) is 2. The zero-order chi connectivity index (χ0) is 12.4. The monoisotopic (exact) mass is 299 g/mol. The Morgan fingerprint density at radius 2 is 2.18 bits per heavy atom. The van der Waals surface area contributed by atoms with Gasteiger partial charge in [0.15, 0.2) is 0 Å². The zero-order valence-corrected chi connectivity index (χ0v) is 11.8. The molecule has 4 nitrogen and oxygen atoms in total. The van der Waals surface area contributed by atoms with Crippen molar-refractivity contribution in [3.8, 4) is 0 Å². The number of hydrogen-bond acceptors (Lipinski definition) is 3. The molecule has 2 unspecified atom stereocenters. The summed E-state index contributed by atoms with van der Waals surface area (Å²) < 4.78 is 0.528. The maximum Gasteiger partial charge on any atom is 0.267 e. The van der Waals surface area contributed by atoms with E-state index in [-0.39, 0.29) is 5.56 Å². The van der Waals surface area contributed by atoms with Gasteiger partial charge in [-0.2, -0.15) is 0 Å². The first kappa shape index (κ1) is 12.6. The Hall–Kier alpha value is -0.840. The van der Waals surface area contributed by atoms with Gasteiger partial charge >= 0.3 is 0 Å². The first-order valence-corrected chi connectivity index (χ1v) is 6.86. The molecule has 1 heterocycles. The predicted octanol–water partition coefficient (Wildman–Crippen LogP) is 2.55. The minimum atomic E-state index is -0.120. The molecular formula is C12H18BrN3O. The highest BCUT2D eigenvalue weighted by Gasteiger charge is 2.27. The van der Waals surface area contributed by atoms with Crippen molar-refractivity contribution >= 4 is 21.7 Å². The summed E-state index contributed by atoms with van der Waals surface area (Å²) >= 11 is 3.32. The largest absolute Gasteiger partial charge is 0.355 e. The lowest BCUT2D eigenvalue weighted by atomic mass is 9.85. The molecule has 0 bridgehead atoms. The fourth-order valence-electron chi connectivity index (χ4n) is 2.65. The van der Waals surface area contributed by atoms with Crippen LogP contribution >= 0.6 is 15.9 Å². The maximum atomic E-state index is 11.5. The molecule has 0 aromatic carbocycles. The van der Waals surface area contributed by atoms with Crippen molar-refractivity contribution < 1.29 is 0 Å². The minimum absolute atomic E-state index is 0.120. The molecule has 1 aromatic heterocycles. The highest BCUT2D eigenvalue weighted by Crippen LogP contribution is 2.31. The lowest BCUT2D eigenvalue weighted by Crippen LogP contribution is -2.40. The normalized spacial score (nSPS) is 24.6. The van der Waals surface area contributed by atoms with Crippen LogP contribution in [0.15, 0.2) is 15.6 Å². The average Bonchev–Trinajstić information content (AvgIpc) is 2.32. The van der Waals surface area contributed by atoms with Gasteiger partial charge in [-0.1, -0.05) is 19.8 Å². The Morgan fingerprint density at radius 3 is 2.88 bits per heavy atom. The summed E-state index contributed by atoms with van der Waals surface area (Å²) in [6.07, 6.45) is 6.48. The van der Waals surface area contributed by atoms with E-state index in [0.717, 1.165) is 5.82 Å². The van der Waals surface area contributed by atoms with E-state index in [0.29, 0.717) is 16.4 Å². The summed E-state index contributed by atoms with van der Waals surface area (Å²) in [7, 11) is 2.03. The van der Waals surface area contributed by atoms with Gasteiger partial charge in [0.2, 0.25) is 0 Å². The third-order valence-corrected chi connectivity index (χ3v) is 4.39. The van der Waals surface area contributed by atoms with Crippen LogP contribution < -0.4 is 10.5 Å². The fourth-order valence-corrected chi connectivity index (χ4v) is 3.15. The van der Waals surface area contributed by atoms with Crippen molar-refractivity contribution in [3.05, 3.63) is 21.2 Å². The fraction of sp³-hybridized carbons (Fsp3) is 0.667. The van der Waals surface area contributed by atoms with E-state index < -0.39 is 0 Å². The smallest absolute Gasteiger partial charge is 0.267 e. The molecule has 17 heavy (non-hydrogen) atoms. The third kappa shape index (κ3) is 2.54. The number of hydrogen-bond donors (Lipinski definition) is 1. The molecule has 2 atom stereocenters. The van der Waals surface area contributed by atoms with Gasteiger partial charge in [-0.15, -0.1) is 0 Å². The van der Waals surface area contributed by atoms with Gasteiger partial charge in [0.25, 0.3) is 5.56 Å². The van der Waals surface area contributed by atoms with Crippen LogP contribution in [0.1, 0.15) is 32.6 Å². The molecule has 0 radical (unpaired) electrons. The molecule has 1 saturated carbocycles. The van der Waals surface area contributed by atoms with Gasteiger partial charge in [-0.3, -0.25) is 4.79 Å². The molecular weight excluding hydrogens is 282 g/mol. The molecule has 0 saturated heterocycles. The van der Waals surface area contributed by atoms with Gasteiger partial charge in [0.05, 0.1) is 6.33 Å². The first-order valence-electron chi connectivity index (χ1n) is 6.07. The highest BCUT2D eigenvalue weighted by molar-refractivity contribution is 9.10. The second-order valence-electron chi connectivity index (χ2n) is 4.81. The van der Waals surface area contributed by atoms with Crippen LogP contribution in [-0.4, -0.2) is 23.1 Å². The Labute approximate surface area is 110 Å². The van der Waals surface area contributed by atoms with Crippen molar-refractivity contribution in [2.45, 2.75) is 38.6 Å². The first-order chi connectivity index (χ1) is 8.11. The molecule has 94 valence electrons. The van der Waals surface area contributed by atoms with E-state index in [2.05, 4.69) is 37.7 Å². The van der Waals surface area contributed by atoms with Gasteiger partial charge in [-0.05, 0) is 34.7 Å². The number of nitrogens with one attached hydrogen (secondary N) is 1. The van der Waals surface area contributed by atoms with Crippen LogP contribution in [0.2, 0.25) is 0 Å². The Bertz CT molecular complexity index is 446. The van der Waals surface area contributed by atoms with E-state index in [4.69, 9.17) is 0 Å². The molecule has 5 heteroatoms. The molecule has 1 aliphatic carbocycles. The van der Waals surface area contributed by atoms with Gasteiger partial charge in [0, 0.05) is 13.1 Å². The van der Waals surface area contributed by atoms with Gasteiger partial charge in [-0.25, -0.2) is 4.98 Å². The molecule has 1 aliphatic rings. The van der Waals surface area contributed by atoms with Crippen molar-refractivity contribution in [2.24, 2.45) is 5.92 Å². The van der Waals surface area contributed by atoms with E-state index in [1.165, 1.54) is 32.0 Å². The van der Waals surface area contributed by atoms with Crippen molar-refractivity contribution in [3.63, 3.8) is 0 Å². The summed E-state index contributed by atoms with van der Waals surface area (Å²) in [5.41, 5.74) is -0.120. The topological polar surface area (TPSA) is 49.0 Å². The minimum Gasteiger partial charge on any atom is -0.355 e. The van der Waals surface area contributed by atoms with E-state index in [1.54, 1.807) is 0 Å². The van der Waals surface area contributed by atoms with Crippen LogP contribution in [-0.2, 0) is 0 Å². The van der Waals surface area contributed by atoms with Crippen LogP contribution in [0.5, 0.6) is 0 Å². The quantitative estimate of drug-likeness (QED) is 0.913. The SMILES string of the molecule is CC1CCCCC1N(C)c1nc[nH]c(=O)c1Br. The molecule has 1 fully saturated rings. The highest BCUT2D eigenvalue weighted by atomic mass is 79.9. The van der Waals surface area contributed by atoms with Gasteiger partial charge < -0.3 is 9.88 Å². The third-order valence-electron chi connectivity index (χ3n) is 3.68. The van der Waals surface area contributed by atoms with Crippen LogP contribution in [0.25, 0.3) is 0 Å².